The van der Waals surface area contributed by atoms with Crippen LogP contribution in [0.15, 0.2) is 41.1 Å². The number of halogens is 1. The fourth-order valence-corrected chi connectivity index (χ4v) is 1.67. The third-order valence-electron chi connectivity index (χ3n) is 2.19. The molecule has 4 nitrogen and oxygen atoms in total. The van der Waals surface area contributed by atoms with Crippen molar-refractivity contribution in [3.05, 3.63) is 46.8 Å². The Hall–Kier alpha value is -1.62. The van der Waals surface area contributed by atoms with E-state index in [0.29, 0.717) is 18.2 Å². The minimum atomic E-state index is 0.397. The van der Waals surface area contributed by atoms with Crippen molar-refractivity contribution in [2.45, 2.75) is 6.42 Å². The quantitative estimate of drug-likeness (QED) is 0.941. The lowest BCUT2D eigenvalue weighted by Crippen LogP contribution is -2.05. The summed E-state index contributed by atoms with van der Waals surface area (Å²) < 4.78 is 6.41. The monoisotopic (exact) mass is 293 g/mol. The van der Waals surface area contributed by atoms with Crippen molar-refractivity contribution in [1.29, 1.82) is 0 Å². The van der Waals surface area contributed by atoms with E-state index in [-0.39, 0.29) is 0 Å². The first-order valence-electron chi connectivity index (χ1n) is 5.19. The molecule has 0 unspecified atom stereocenters. The molecule has 0 saturated heterocycles. The van der Waals surface area contributed by atoms with Crippen LogP contribution < -0.4 is 10.5 Å². The fraction of sp³-hybridized carbons (Fsp3) is 0.167. The van der Waals surface area contributed by atoms with Gasteiger partial charge in [-0.2, -0.15) is 0 Å². The van der Waals surface area contributed by atoms with Crippen molar-refractivity contribution >= 4 is 21.7 Å². The van der Waals surface area contributed by atoms with Crippen LogP contribution >= 0.6 is 15.9 Å². The smallest absolute Gasteiger partial charge is 0.166 e. The van der Waals surface area contributed by atoms with Crippen LogP contribution in [0, 0.1) is 0 Å². The predicted molar refractivity (Wildman–Crippen MR) is 69.8 cm³/mol. The minimum absolute atomic E-state index is 0.397. The summed E-state index contributed by atoms with van der Waals surface area (Å²) in [6.07, 6.45) is 4.15. The standard InChI is InChI=1S/C12H12BrN3O/c13-9-7-11(12(14)16-8-9)17-6-4-10-3-1-2-5-15-10/h1-3,5,7-8H,4,6H2,(H2,14,16). The SMILES string of the molecule is Nc1ncc(Br)cc1OCCc1ccccn1. The number of nitrogens with two attached hydrogens (primary N) is 1. The Kier molecular flexibility index (Phi) is 3.93. The van der Waals surface area contributed by atoms with Crippen LogP contribution in [0.2, 0.25) is 0 Å². The van der Waals surface area contributed by atoms with Gasteiger partial charge in [-0.05, 0) is 34.1 Å². The normalized spacial score (nSPS) is 10.2. The molecule has 0 saturated carbocycles. The topological polar surface area (TPSA) is 61.0 Å². The van der Waals surface area contributed by atoms with E-state index < -0.39 is 0 Å². The van der Waals surface area contributed by atoms with Crippen molar-refractivity contribution in [3.8, 4) is 5.75 Å². The first-order chi connectivity index (χ1) is 8.25. The van der Waals surface area contributed by atoms with E-state index >= 15 is 0 Å². The molecule has 5 heteroatoms. The van der Waals surface area contributed by atoms with Crippen LogP contribution in [0.5, 0.6) is 5.75 Å². The van der Waals surface area contributed by atoms with Crippen molar-refractivity contribution in [3.63, 3.8) is 0 Å². The maximum atomic E-state index is 5.70. The van der Waals surface area contributed by atoms with E-state index in [9.17, 15) is 0 Å². The maximum Gasteiger partial charge on any atom is 0.166 e. The van der Waals surface area contributed by atoms with Gasteiger partial charge in [0.1, 0.15) is 0 Å². The average Bonchev–Trinajstić information content (AvgIpc) is 2.35. The summed E-state index contributed by atoms with van der Waals surface area (Å²) in [6.45, 7) is 0.527. The highest BCUT2D eigenvalue weighted by Gasteiger charge is 2.02. The van der Waals surface area contributed by atoms with Gasteiger partial charge in [0.2, 0.25) is 0 Å². The lowest BCUT2D eigenvalue weighted by atomic mass is 10.3. The van der Waals surface area contributed by atoms with Gasteiger partial charge >= 0.3 is 0 Å². The van der Waals surface area contributed by atoms with Crippen LogP contribution in [-0.2, 0) is 6.42 Å². The lowest BCUT2D eigenvalue weighted by Gasteiger charge is -2.08. The van der Waals surface area contributed by atoms with Gasteiger partial charge < -0.3 is 10.5 Å². The molecule has 2 aromatic heterocycles. The Morgan fingerprint density at radius 3 is 2.94 bits per heavy atom. The second kappa shape index (κ2) is 5.63. The summed E-state index contributed by atoms with van der Waals surface area (Å²) in [4.78, 5) is 8.21. The molecule has 0 atom stereocenters. The van der Waals surface area contributed by atoms with Gasteiger partial charge in [-0.1, -0.05) is 6.07 Å². The largest absolute Gasteiger partial charge is 0.489 e. The molecule has 88 valence electrons. The van der Waals surface area contributed by atoms with Gasteiger partial charge in [-0.3, -0.25) is 4.98 Å². The highest BCUT2D eigenvalue weighted by molar-refractivity contribution is 9.10. The van der Waals surface area contributed by atoms with Crippen molar-refractivity contribution < 1.29 is 4.74 Å². The molecule has 2 aromatic rings. The summed E-state index contributed by atoms with van der Waals surface area (Å²) in [7, 11) is 0. The summed E-state index contributed by atoms with van der Waals surface area (Å²) in [5, 5.41) is 0. The minimum Gasteiger partial charge on any atom is -0.489 e. The number of nitrogen functional groups attached to an aromatic ring is 1. The van der Waals surface area contributed by atoms with E-state index in [2.05, 4.69) is 25.9 Å². The Morgan fingerprint density at radius 1 is 1.29 bits per heavy atom. The molecule has 0 aromatic carbocycles. The van der Waals surface area contributed by atoms with Gasteiger partial charge in [0.25, 0.3) is 0 Å². The molecule has 17 heavy (non-hydrogen) atoms. The first-order valence-corrected chi connectivity index (χ1v) is 5.99. The third kappa shape index (κ3) is 3.42. The van der Waals surface area contributed by atoms with Crippen LogP contribution in [0.25, 0.3) is 0 Å². The molecule has 2 heterocycles. The van der Waals surface area contributed by atoms with Gasteiger partial charge in [0.05, 0.1) is 6.61 Å². The number of rotatable bonds is 4. The molecule has 0 radical (unpaired) electrons. The molecule has 2 rings (SSSR count). The number of aromatic nitrogens is 2. The van der Waals surface area contributed by atoms with Crippen LogP contribution in [0.4, 0.5) is 5.82 Å². The Balaban J connectivity index is 1.92. The zero-order chi connectivity index (χ0) is 12.1. The molecule has 2 N–H and O–H groups in total. The van der Waals surface area contributed by atoms with Gasteiger partial charge in [-0.25, -0.2) is 4.98 Å². The summed E-state index contributed by atoms with van der Waals surface area (Å²) >= 11 is 3.32. The van der Waals surface area contributed by atoms with Gasteiger partial charge in [0.15, 0.2) is 11.6 Å². The highest BCUT2D eigenvalue weighted by atomic mass is 79.9. The fourth-order valence-electron chi connectivity index (χ4n) is 1.36. The van der Waals surface area contributed by atoms with Crippen molar-refractivity contribution in [1.82, 2.24) is 9.97 Å². The molecule has 0 aliphatic heterocycles. The Bertz CT molecular complexity index is 490. The lowest BCUT2D eigenvalue weighted by molar-refractivity contribution is 0.321. The average molecular weight is 294 g/mol. The van der Waals surface area contributed by atoms with Crippen LogP contribution in [0.3, 0.4) is 0 Å². The second-order valence-electron chi connectivity index (χ2n) is 3.46. The molecular formula is C12H12BrN3O. The Morgan fingerprint density at radius 2 is 2.18 bits per heavy atom. The van der Waals surface area contributed by atoms with Crippen LogP contribution in [0.1, 0.15) is 5.69 Å². The van der Waals surface area contributed by atoms with Gasteiger partial charge in [0, 0.05) is 29.0 Å². The van der Waals surface area contributed by atoms with E-state index in [4.69, 9.17) is 10.5 Å². The predicted octanol–water partition coefficient (Wildman–Crippen LogP) is 2.44. The summed E-state index contributed by atoms with van der Waals surface area (Å²) in [5.74, 6) is 0.990. The van der Waals surface area contributed by atoms with E-state index in [1.807, 2.05) is 18.2 Å². The van der Waals surface area contributed by atoms with Gasteiger partial charge in [-0.15, -0.1) is 0 Å². The summed E-state index contributed by atoms with van der Waals surface area (Å²) in [6, 6.07) is 7.62. The molecular weight excluding hydrogens is 282 g/mol. The second-order valence-corrected chi connectivity index (χ2v) is 4.37. The third-order valence-corrected chi connectivity index (χ3v) is 2.62. The highest BCUT2D eigenvalue weighted by Crippen LogP contribution is 2.22. The molecule has 0 aliphatic rings. The molecule has 0 fully saturated rings. The number of hydrogen-bond donors (Lipinski definition) is 1. The van der Waals surface area contributed by atoms with E-state index in [1.165, 1.54) is 0 Å². The number of nitrogens with zero attached hydrogens (tertiary/aromatic N) is 2. The number of hydrogen-bond acceptors (Lipinski definition) is 4. The molecule has 0 spiro atoms. The Labute approximate surface area is 108 Å². The van der Waals surface area contributed by atoms with Crippen molar-refractivity contribution in [2.75, 3.05) is 12.3 Å². The van der Waals surface area contributed by atoms with Crippen LogP contribution in [-0.4, -0.2) is 16.6 Å². The number of pyridine rings is 2. The first kappa shape index (κ1) is 11.9. The summed E-state index contributed by atoms with van der Waals surface area (Å²) in [5.41, 5.74) is 6.69. The van der Waals surface area contributed by atoms with E-state index in [0.717, 1.165) is 16.6 Å². The maximum absolute atomic E-state index is 5.70. The van der Waals surface area contributed by atoms with Crippen molar-refractivity contribution in [2.24, 2.45) is 0 Å². The zero-order valence-corrected chi connectivity index (χ0v) is 10.7. The zero-order valence-electron chi connectivity index (χ0n) is 9.14. The number of ether oxygens (including phenoxy) is 1. The molecule has 0 amide bonds. The number of anilines is 1. The molecule has 0 aliphatic carbocycles. The molecule has 0 bridgehead atoms. The van der Waals surface area contributed by atoms with E-state index in [1.54, 1.807) is 18.5 Å².